The van der Waals surface area contributed by atoms with Crippen molar-refractivity contribution in [1.82, 2.24) is 4.40 Å². The summed E-state index contributed by atoms with van der Waals surface area (Å²) < 4.78 is 91.5. The van der Waals surface area contributed by atoms with Gasteiger partial charge in [-0.05, 0) is 142 Å². The molecule has 74 heavy (non-hydrogen) atoms. The van der Waals surface area contributed by atoms with E-state index in [2.05, 4.69) is 117 Å². The Hall–Kier alpha value is -9.22. The van der Waals surface area contributed by atoms with Gasteiger partial charge < -0.3 is 23.7 Å². The van der Waals surface area contributed by atoms with Gasteiger partial charge in [0.1, 0.15) is 11.5 Å². The first-order valence-electron chi connectivity index (χ1n) is 24.0. The molecule has 0 atom stereocenters. The number of para-hydroxylation sites is 4. The number of rotatable bonds is 8. The quantitative estimate of drug-likeness (QED) is 0.142. The lowest BCUT2D eigenvalue weighted by Crippen LogP contribution is -2.26. The van der Waals surface area contributed by atoms with E-state index in [0.717, 1.165) is 100.0 Å². The van der Waals surface area contributed by atoms with E-state index < -0.39 is 18.1 Å². The smallest absolute Gasteiger partial charge is 0.406 e. The van der Waals surface area contributed by atoms with Crippen molar-refractivity contribution < 1.29 is 35.8 Å². The monoisotopic (exact) mass is 981 g/mol. The highest BCUT2D eigenvalue weighted by atomic mass is 19.4. The molecule has 5 nitrogen and oxygen atoms in total. The fourth-order valence-electron chi connectivity index (χ4n) is 12.1. The highest BCUT2D eigenvalue weighted by Crippen LogP contribution is 2.65. The second kappa shape index (κ2) is 15.9. The molecule has 2 heterocycles. The van der Waals surface area contributed by atoms with Gasteiger partial charge in [0, 0.05) is 61.2 Å². The molecule has 0 aliphatic heterocycles. The minimum absolute atomic E-state index is 0.329. The van der Waals surface area contributed by atoms with Crippen molar-refractivity contribution in [2.45, 2.75) is 18.1 Å². The maximum absolute atomic E-state index is 13.4. The van der Waals surface area contributed by atoms with Gasteiger partial charge >= 0.3 is 12.7 Å². The van der Waals surface area contributed by atoms with Crippen molar-refractivity contribution in [3.8, 4) is 33.8 Å². The fourth-order valence-corrected chi connectivity index (χ4v) is 12.1. The molecule has 0 amide bonds. The average Bonchev–Trinajstić information content (AvgIpc) is 4.12. The Kier molecular flexibility index (Phi) is 9.35. The molecule has 12 aromatic rings. The zero-order valence-corrected chi connectivity index (χ0v) is 38.8. The largest absolute Gasteiger partial charge is 0.573 e. The number of fused-ring (bicyclic) bond motifs is 17. The Morgan fingerprint density at radius 3 is 1.34 bits per heavy atom. The molecular formula is C63H37F6N3O2. The van der Waals surface area contributed by atoms with Crippen molar-refractivity contribution in [2.75, 3.05) is 9.80 Å². The molecule has 0 saturated carbocycles. The van der Waals surface area contributed by atoms with Crippen molar-refractivity contribution in [3.05, 3.63) is 247 Å². The van der Waals surface area contributed by atoms with E-state index in [-0.39, 0.29) is 11.5 Å². The van der Waals surface area contributed by atoms with Gasteiger partial charge in [0.2, 0.25) is 0 Å². The van der Waals surface area contributed by atoms with Crippen LogP contribution in [0.15, 0.2) is 224 Å². The van der Waals surface area contributed by atoms with Gasteiger partial charge in [-0.3, -0.25) is 0 Å². The van der Waals surface area contributed by atoms with Crippen LogP contribution in [0.2, 0.25) is 0 Å². The van der Waals surface area contributed by atoms with E-state index in [9.17, 15) is 26.3 Å². The number of aromatic nitrogens is 1. The summed E-state index contributed by atoms with van der Waals surface area (Å²) in [4.78, 5) is 4.07. The molecular weight excluding hydrogens is 945 g/mol. The van der Waals surface area contributed by atoms with Crippen LogP contribution in [0.1, 0.15) is 22.3 Å². The summed E-state index contributed by atoms with van der Waals surface area (Å²) in [7, 11) is 0. The number of ether oxygens (including phenoxy) is 2. The lowest BCUT2D eigenvalue weighted by atomic mass is 9.70. The van der Waals surface area contributed by atoms with E-state index in [1.165, 1.54) is 29.7 Å². The van der Waals surface area contributed by atoms with Crippen LogP contribution in [0.5, 0.6) is 11.5 Å². The Labute approximate surface area is 419 Å². The minimum atomic E-state index is -4.85. The number of halogens is 6. The normalized spacial score (nSPS) is 13.4. The average molecular weight is 982 g/mol. The highest BCUT2D eigenvalue weighted by Gasteiger charge is 2.53. The van der Waals surface area contributed by atoms with Gasteiger partial charge in [-0.25, -0.2) is 0 Å². The van der Waals surface area contributed by atoms with E-state index in [1.54, 1.807) is 24.3 Å². The third-order valence-electron chi connectivity index (χ3n) is 14.7. The van der Waals surface area contributed by atoms with E-state index in [1.807, 2.05) is 82.6 Å². The van der Waals surface area contributed by atoms with Crippen molar-refractivity contribution in [1.29, 1.82) is 0 Å². The molecule has 0 unspecified atom stereocenters. The van der Waals surface area contributed by atoms with Crippen molar-refractivity contribution in [2.24, 2.45) is 0 Å². The summed E-state index contributed by atoms with van der Waals surface area (Å²) >= 11 is 0. The maximum Gasteiger partial charge on any atom is 0.573 e. The third-order valence-corrected chi connectivity index (χ3v) is 14.7. The van der Waals surface area contributed by atoms with Gasteiger partial charge in [-0.1, -0.05) is 121 Å². The first kappa shape index (κ1) is 43.6. The van der Waals surface area contributed by atoms with Gasteiger partial charge in [-0.15, -0.1) is 26.3 Å². The number of hydrogen-bond donors (Lipinski definition) is 0. The Morgan fingerprint density at radius 2 is 0.784 bits per heavy atom. The molecule has 14 rings (SSSR count). The molecule has 2 aliphatic rings. The SMILES string of the molecule is FC(F)(F)Oc1ccc(N(c2ccccc2)c2ccc3c(c2)C2(c4cc(N(c5ccccc5)c5ccc(OC(F)(F)F)cc5)ccc4-3)c3ccccc3-c3c2ccc2c4cccc5c6ccccc6n(c32)c54)cc1. The Bertz CT molecular complexity index is 4020. The van der Waals surface area contributed by atoms with Crippen molar-refractivity contribution in [3.63, 3.8) is 0 Å². The van der Waals surface area contributed by atoms with Crippen LogP contribution in [0.25, 0.3) is 60.3 Å². The van der Waals surface area contributed by atoms with Crippen LogP contribution in [-0.2, 0) is 5.41 Å². The van der Waals surface area contributed by atoms with Crippen LogP contribution in [0.3, 0.4) is 0 Å². The summed E-state index contributed by atoms with van der Waals surface area (Å²) in [6.07, 6.45) is -9.70. The van der Waals surface area contributed by atoms with Crippen molar-refractivity contribution >= 4 is 72.2 Å². The van der Waals surface area contributed by atoms with E-state index >= 15 is 0 Å². The highest BCUT2D eigenvalue weighted by molar-refractivity contribution is 6.26. The summed E-state index contributed by atoms with van der Waals surface area (Å²) in [5.74, 6) is -0.657. The second-order valence-electron chi connectivity index (χ2n) is 18.6. The molecule has 1 spiro atoms. The molecule has 0 bridgehead atoms. The summed E-state index contributed by atoms with van der Waals surface area (Å²) in [6.45, 7) is 0. The number of anilines is 6. The van der Waals surface area contributed by atoms with Gasteiger partial charge in [-0.2, -0.15) is 0 Å². The number of nitrogens with zero attached hydrogens (tertiary/aromatic N) is 3. The lowest BCUT2D eigenvalue weighted by molar-refractivity contribution is -0.275. The molecule has 0 radical (unpaired) electrons. The molecule has 0 saturated heterocycles. The Morgan fingerprint density at radius 1 is 0.338 bits per heavy atom. The maximum atomic E-state index is 13.4. The van der Waals surface area contributed by atoms with Crippen LogP contribution >= 0.6 is 0 Å². The Balaban J connectivity index is 1.06. The predicted octanol–water partition coefficient (Wildman–Crippen LogP) is 17.9. The molecule has 2 aromatic heterocycles. The van der Waals surface area contributed by atoms with Crippen LogP contribution < -0.4 is 19.3 Å². The molecule has 2 aliphatic carbocycles. The summed E-state index contributed by atoms with van der Waals surface area (Å²) in [5, 5.41) is 4.62. The fraction of sp³-hybridized carbons (Fsp3) is 0.0476. The molecule has 358 valence electrons. The topological polar surface area (TPSA) is 29.4 Å². The van der Waals surface area contributed by atoms with Crippen LogP contribution in [0, 0.1) is 0 Å². The first-order valence-corrected chi connectivity index (χ1v) is 24.0. The number of alkyl halides is 6. The zero-order chi connectivity index (χ0) is 50.1. The minimum Gasteiger partial charge on any atom is -0.406 e. The predicted molar refractivity (Wildman–Crippen MR) is 280 cm³/mol. The van der Waals surface area contributed by atoms with Gasteiger partial charge in [0.15, 0.2) is 0 Å². The van der Waals surface area contributed by atoms with E-state index in [0.29, 0.717) is 11.4 Å². The number of hydrogen-bond acceptors (Lipinski definition) is 4. The molecule has 0 N–H and O–H groups in total. The molecule has 10 aromatic carbocycles. The standard InChI is InChI=1S/C63H37F6N3O2/c64-62(65,66)73-44-28-22-40(23-29-44)70(38-12-3-1-4-13-38)42-26-32-46-47-33-27-43(71(39-14-5-2-6-15-39)41-24-30-45(31-25-41)74-63(67,68)69)37-56(47)61(55(46)36-42)53-20-9-7-17-52(53)58-54(61)35-34-51-50-19-11-18-49-48-16-8-10-21-57(48)72(59(49)50)60(51)58/h1-37H. The second-order valence-corrected chi connectivity index (χ2v) is 18.6. The van der Waals surface area contributed by atoms with Crippen LogP contribution in [-0.4, -0.2) is 17.1 Å². The zero-order valence-electron chi connectivity index (χ0n) is 38.8. The third kappa shape index (κ3) is 6.51. The van der Waals surface area contributed by atoms with Gasteiger partial charge in [0.25, 0.3) is 0 Å². The van der Waals surface area contributed by atoms with Crippen LogP contribution in [0.4, 0.5) is 60.5 Å². The van der Waals surface area contributed by atoms with Gasteiger partial charge in [0.05, 0.1) is 22.0 Å². The molecule has 11 heteroatoms. The van der Waals surface area contributed by atoms with E-state index in [4.69, 9.17) is 0 Å². The molecule has 0 fully saturated rings. The summed E-state index contributed by atoms with van der Waals surface area (Å²) in [5.41, 5.74) is 15.1. The number of benzene rings is 10. The first-order chi connectivity index (χ1) is 35.9. The summed E-state index contributed by atoms with van der Waals surface area (Å²) in [6, 6.07) is 72.2. The lowest BCUT2D eigenvalue weighted by Gasteiger charge is -2.33.